The summed E-state index contributed by atoms with van der Waals surface area (Å²) in [6, 6.07) is 14.0. The molecule has 0 bridgehead atoms. The van der Waals surface area contributed by atoms with Crippen molar-refractivity contribution in [1.29, 1.82) is 0 Å². The van der Waals surface area contributed by atoms with Crippen LogP contribution in [0.15, 0.2) is 54.6 Å². The summed E-state index contributed by atoms with van der Waals surface area (Å²) in [5, 5.41) is 9.96. The summed E-state index contributed by atoms with van der Waals surface area (Å²) in [4.78, 5) is 27.4. The number of halogens is 3. The maximum atomic E-state index is 14.6. The van der Waals surface area contributed by atoms with E-state index in [0.29, 0.717) is 51.3 Å². The van der Waals surface area contributed by atoms with Crippen molar-refractivity contribution in [2.75, 3.05) is 25.5 Å². The zero-order valence-electron chi connectivity index (χ0n) is 20.3. The van der Waals surface area contributed by atoms with Crippen LogP contribution >= 0.6 is 23.2 Å². The molecule has 2 aliphatic rings. The largest absolute Gasteiger partial charge is 0.492 e. The highest BCUT2D eigenvalue weighted by molar-refractivity contribution is 6.31. The van der Waals surface area contributed by atoms with Crippen molar-refractivity contribution in [3.05, 3.63) is 92.7 Å². The molecule has 6 nitrogen and oxygen atoms in total. The molecule has 0 saturated carbocycles. The van der Waals surface area contributed by atoms with Crippen LogP contribution < -0.4 is 20.7 Å². The quantitative estimate of drug-likeness (QED) is 0.371. The van der Waals surface area contributed by atoms with Gasteiger partial charge < -0.3 is 20.7 Å². The van der Waals surface area contributed by atoms with E-state index < -0.39 is 23.2 Å². The number of hydrogen-bond acceptors (Lipinski definition) is 4. The highest BCUT2D eigenvalue weighted by atomic mass is 35.5. The molecule has 37 heavy (non-hydrogen) atoms. The van der Waals surface area contributed by atoms with Crippen molar-refractivity contribution in [2.24, 2.45) is 0 Å². The fourth-order valence-electron chi connectivity index (χ4n) is 5.63. The van der Waals surface area contributed by atoms with Crippen LogP contribution in [-0.4, -0.2) is 32.0 Å². The van der Waals surface area contributed by atoms with Gasteiger partial charge in [0, 0.05) is 40.2 Å². The lowest BCUT2D eigenvalue weighted by Crippen LogP contribution is -2.57. The Balaban J connectivity index is 1.79. The molecule has 0 aliphatic carbocycles. The number of fused-ring (bicyclic) bond motifs is 2. The number of amides is 2. The molecule has 9 heteroatoms. The predicted molar refractivity (Wildman–Crippen MR) is 142 cm³/mol. The predicted octanol–water partition coefficient (Wildman–Crippen LogP) is 5.27. The fourth-order valence-corrected chi connectivity index (χ4v) is 5.98. The van der Waals surface area contributed by atoms with E-state index in [-0.39, 0.29) is 18.2 Å². The SMILES string of the molecule is CNCCOc1ccc(Cl)cc1[C@H]1CC(=O)N[C@@H](c2cc(F)ccc2C)[C@]12C(=O)Nc1cc(Cl)ccc12. The second kappa shape index (κ2) is 9.97. The van der Waals surface area contributed by atoms with Crippen molar-refractivity contribution in [3.8, 4) is 5.75 Å². The first-order valence-corrected chi connectivity index (χ1v) is 12.7. The minimum atomic E-state index is -1.32. The van der Waals surface area contributed by atoms with Crippen LogP contribution in [0, 0.1) is 12.7 Å². The summed E-state index contributed by atoms with van der Waals surface area (Å²) < 4.78 is 20.6. The summed E-state index contributed by atoms with van der Waals surface area (Å²) in [7, 11) is 1.82. The molecule has 0 unspecified atom stereocenters. The van der Waals surface area contributed by atoms with Crippen LogP contribution in [0.4, 0.5) is 10.1 Å². The number of benzene rings is 3. The number of nitrogens with one attached hydrogen (secondary N) is 3. The Morgan fingerprint density at radius 1 is 1.05 bits per heavy atom. The monoisotopic (exact) mass is 541 g/mol. The smallest absolute Gasteiger partial charge is 0.238 e. The van der Waals surface area contributed by atoms with Crippen molar-refractivity contribution >= 4 is 40.7 Å². The number of ether oxygens (including phenoxy) is 1. The average molecular weight is 542 g/mol. The van der Waals surface area contributed by atoms with Gasteiger partial charge >= 0.3 is 0 Å². The molecule has 5 rings (SSSR count). The summed E-state index contributed by atoms with van der Waals surface area (Å²) in [5.41, 5.74) is 1.81. The number of piperidine rings is 1. The number of carbonyl (C=O) groups excluding carboxylic acids is 2. The van der Waals surface area contributed by atoms with Crippen molar-refractivity contribution in [1.82, 2.24) is 10.6 Å². The Morgan fingerprint density at radius 3 is 2.59 bits per heavy atom. The Kier molecular flexibility index (Phi) is 6.88. The molecule has 2 heterocycles. The molecule has 1 fully saturated rings. The van der Waals surface area contributed by atoms with Gasteiger partial charge in [-0.2, -0.15) is 0 Å². The van der Waals surface area contributed by atoms with Gasteiger partial charge in [-0.3, -0.25) is 9.59 Å². The average Bonchev–Trinajstić information content (AvgIpc) is 3.14. The number of anilines is 1. The van der Waals surface area contributed by atoms with E-state index in [9.17, 15) is 14.0 Å². The Hall–Kier alpha value is -3.13. The number of hydrogen-bond donors (Lipinski definition) is 3. The zero-order valence-corrected chi connectivity index (χ0v) is 21.8. The van der Waals surface area contributed by atoms with Crippen LogP contribution in [0.5, 0.6) is 5.75 Å². The molecule has 2 aliphatic heterocycles. The molecule has 3 atom stereocenters. The second-order valence-corrected chi connectivity index (χ2v) is 10.3. The standard InChI is InChI=1S/C28H26Cl2FN3O3/c1-15-3-6-18(31)13-19(15)26-28(21-7-4-17(30)12-23(21)33-27(28)36)22(14-25(35)34-26)20-11-16(29)5-8-24(20)37-10-9-32-2/h3-8,11-13,22,26,32H,9-10,14H2,1-2H3,(H,33,36)(H,34,35)/t22-,26+,28-/m1/s1. The fraction of sp³-hybridized carbons (Fsp3) is 0.286. The highest BCUT2D eigenvalue weighted by Gasteiger charge is 2.61. The topological polar surface area (TPSA) is 79.5 Å². The van der Waals surface area contributed by atoms with Gasteiger partial charge in [0.15, 0.2) is 0 Å². The molecule has 192 valence electrons. The van der Waals surface area contributed by atoms with Crippen LogP contribution in [0.25, 0.3) is 0 Å². The molecule has 3 N–H and O–H groups in total. The summed E-state index contributed by atoms with van der Waals surface area (Å²) in [6.07, 6.45) is 0.00306. The first-order chi connectivity index (χ1) is 17.7. The van der Waals surface area contributed by atoms with Crippen LogP contribution in [0.2, 0.25) is 10.0 Å². The molecule has 1 saturated heterocycles. The lowest BCUT2D eigenvalue weighted by atomic mass is 9.59. The van der Waals surface area contributed by atoms with Gasteiger partial charge in [-0.15, -0.1) is 0 Å². The molecule has 3 aromatic carbocycles. The Morgan fingerprint density at radius 2 is 1.81 bits per heavy atom. The molecular formula is C28H26Cl2FN3O3. The molecule has 2 amide bonds. The first-order valence-electron chi connectivity index (χ1n) is 12.0. The first kappa shape index (κ1) is 25.5. The number of likely N-dealkylation sites (N-methyl/N-ethyl adjacent to an activating group) is 1. The van der Waals surface area contributed by atoms with E-state index in [0.717, 1.165) is 5.56 Å². The third kappa shape index (κ3) is 4.35. The normalized spacial score (nSPS) is 22.5. The molecular weight excluding hydrogens is 516 g/mol. The third-order valence-corrected chi connectivity index (χ3v) is 7.73. The highest BCUT2D eigenvalue weighted by Crippen LogP contribution is 2.59. The van der Waals surface area contributed by atoms with Gasteiger partial charge in [-0.1, -0.05) is 35.3 Å². The van der Waals surface area contributed by atoms with E-state index in [1.807, 2.05) is 14.0 Å². The Labute approximate surface area is 224 Å². The maximum Gasteiger partial charge on any atom is 0.238 e. The van der Waals surface area contributed by atoms with Gasteiger partial charge in [0.05, 0.1) is 6.04 Å². The van der Waals surface area contributed by atoms with Gasteiger partial charge in [-0.25, -0.2) is 4.39 Å². The lowest BCUT2D eigenvalue weighted by Gasteiger charge is -2.47. The summed E-state index contributed by atoms with van der Waals surface area (Å²) in [5.74, 6) is -1.17. The third-order valence-electron chi connectivity index (χ3n) is 7.26. The van der Waals surface area contributed by atoms with E-state index >= 15 is 0 Å². The van der Waals surface area contributed by atoms with E-state index in [4.69, 9.17) is 27.9 Å². The van der Waals surface area contributed by atoms with Gasteiger partial charge in [0.25, 0.3) is 0 Å². The van der Waals surface area contributed by atoms with Crippen molar-refractivity contribution in [2.45, 2.75) is 30.7 Å². The van der Waals surface area contributed by atoms with Crippen LogP contribution in [0.3, 0.4) is 0 Å². The van der Waals surface area contributed by atoms with Crippen molar-refractivity contribution < 1.29 is 18.7 Å². The Bertz CT molecular complexity index is 1400. The maximum absolute atomic E-state index is 14.6. The molecule has 3 aromatic rings. The minimum absolute atomic E-state index is 0.00306. The zero-order chi connectivity index (χ0) is 26.3. The second-order valence-electron chi connectivity index (χ2n) is 9.41. The van der Waals surface area contributed by atoms with E-state index in [2.05, 4.69) is 16.0 Å². The van der Waals surface area contributed by atoms with E-state index in [1.54, 1.807) is 42.5 Å². The minimum Gasteiger partial charge on any atom is -0.492 e. The summed E-state index contributed by atoms with van der Waals surface area (Å²) in [6.45, 7) is 2.81. The van der Waals surface area contributed by atoms with Gasteiger partial charge in [0.2, 0.25) is 11.8 Å². The number of rotatable bonds is 6. The van der Waals surface area contributed by atoms with Crippen LogP contribution in [-0.2, 0) is 15.0 Å². The molecule has 0 radical (unpaired) electrons. The van der Waals surface area contributed by atoms with E-state index in [1.165, 1.54) is 12.1 Å². The summed E-state index contributed by atoms with van der Waals surface area (Å²) >= 11 is 12.7. The molecule has 1 spiro atoms. The van der Waals surface area contributed by atoms with Crippen LogP contribution in [0.1, 0.15) is 40.6 Å². The lowest BCUT2D eigenvalue weighted by molar-refractivity contribution is -0.131. The van der Waals surface area contributed by atoms with Crippen molar-refractivity contribution in [3.63, 3.8) is 0 Å². The number of aryl methyl sites for hydroxylation is 1. The number of carbonyl (C=O) groups is 2. The van der Waals surface area contributed by atoms with Gasteiger partial charge in [0.1, 0.15) is 23.6 Å². The molecule has 0 aromatic heterocycles. The van der Waals surface area contributed by atoms with Gasteiger partial charge in [-0.05, 0) is 73.1 Å².